The molecule has 0 spiro atoms. The number of aromatic nitrogens is 5. The van der Waals surface area contributed by atoms with Crippen LogP contribution in [0.2, 0.25) is 5.02 Å². The number of halogens is 1. The molecule has 118 valence electrons. The van der Waals surface area contributed by atoms with Gasteiger partial charge in [0.1, 0.15) is 11.7 Å². The molecule has 0 bridgehead atoms. The van der Waals surface area contributed by atoms with E-state index in [9.17, 15) is 4.79 Å². The van der Waals surface area contributed by atoms with Gasteiger partial charge in [-0.25, -0.2) is 9.67 Å². The van der Waals surface area contributed by atoms with Crippen LogP contribution in [0.25, 0.3) is 16.7 Å². The molecule has 4 aromatic rings. The first-order chi connectivity index (χ1) is 11.7. The number of hydrogen-bond acceptors (Lipinski definition) is 4. The van der Waals surface area contributed by atoms with Gasteiger partial charge in [0.15, 0.2) is 5.65 Å². The van der Waals surface area contributed by atoms with Crippen LogP contribution in [0.1, 0.15) is 5.69 Å². The summed E-state index contributed by atoms with van der Waals surface area (Å²) < 4.78 is 3.13. The first-order valence-corrected chi connectivity index (χ1v) is 7.69. The van der Waals surface area contributed by atoms with Crippen LogP contribution >= 0.6 is 11.6 Å². The molecule has 0 fully saturated rings. The van der Waals surface area contributed by atoms with Gasteiger partial charge in [-0.3, -0.25) is 14.3 Å². The van der Waals surface area contributed by atoms with E-state index in [-0.39, 0.29) is 5.56 Å². The molecule has 0 amide bonds. The quantitative estimate of drug-likeness (QED) is 0.576. The molecule has 1 aromatic carbocycles. The van der Waals surface area contributed by atoms with E-state index in [4.69, 9.17) is 11.6 Å². The van der Waals surface area contributed by atoms with Crippen LogP contribution in [0.4, 0.5) is 0 Å². The first-order valence-electron chi connectivity index (χ1n) is 7.31. The monoisotopic (exact) mass is 337 g/mol. The van der Waals surface area contributed by atoms with E-state index in [1.807, 2.05) is 30.3 Å². The van der Waals surface area contributed by atoms with Gasteiger partial charge >= 0.3 is 0 Å². The van der Waals surface area contributed by atoms with Gasteiger partial charge in [0.2, 0.25) is 0 Å². The fourth-order valence-corrected chi connectivity index (χ4v) is 2.71. The predicted molar refractivity (Wildman–Crippen MR) is 91.5 cm³/mol. The fraction of sp³-hybridized carbons (Fsp3) is 0.0588. The maximum absolute atomic E-state index is 12.7. The van der Waals surface area contributed by atoms with Crippen LogP contribution < -0.4 is 5.56 Å². The van der Waals surface area contributed by atoms with Crippen LogP contribution in [0.3, 0.4) is 0 Å². The lowest BCUT2D eigenvalue weighted by Gasteiger charge is -2.06. The fourth-order valence-electron chi connectivity index (χ4n) is 2.52. The largest absolute Gasteiger partial charge is 0.292 e. The van der Waals surface area contributed by atoms with Crippen molar-refractivity contribution in [2.45, 2.75) is 6.54 Å². The van der Waals surface area contributed by atoms with Gasteiger partial charge in [0.05, 0.1) is 24.1 Å². The Hall–Kier alpha value is -2.99. The molecule has 3 heterocycles. The summed E-state index contributed by atoms with van der Waals surface area (Å²) in [5.41, 5.74) is 1.90. The van der Waals surface area contributed by atoms with Crippen molar-refractivity contribution in [2.75, 3.05) is 0 Å². The molecule has 0 aliphatic rings. The van der Waals surface area contributed by atoms with Gasteiger partial charge in [0, 0.05) is 11.2 Å². The zero-order valence-electron chi connectivity index (χ0n) is 12.5. The second-order valence-corrected chi connectivity index (χ2v) is 5.71. The number of nitrogens with zero attached hydrogens (tertiary/aromatic N) is 5. The molecular formula is C17H12ClN5O. The Balaban J connectivity index is 1.80. The summed E-state index contributed by atoms with van der Waals surface area (Å²) in [5, 5.41) is 5.33. The lowest BCUT2D eigenvalue weighted by molar-refractivity contribution is 0.727. The zero-order valence-corrected chi connectivity index (χ0v) is 13.3. The molecule has 0 atom stereocenters. The van der Waals surface area contributed by atoms with Gasteiger partial charge in [-0.15, -0.1) is 0 Å². The number of pyridine rings is 1. The third-order valence-electron chi connectivity index (χ3n) is 3.67. The lowest BCUT2D eigenvalue weighted by atomic mass is 10.3. The van der Waals surface area contributed by atoms with Gasteiger partial charge in [-0.2, -0.15) is 5.10 Å². The number of fused-ring (bicyclic) bond motifs is 1. The number of rotatable bonds is 3. The summed E-state index contributed by atoms with van der Waals surface area (Å²) >= 11 is 6.03. The van der Waals surface area contributed by atoms with Crippen molar-refractivity contribution in [1.82, 2.24) is 24.3 Å². The summed E-state index contributed by atoms with van der Waals surface area (Å²) in [5.74, 6) is 0. The van der Waals surface area contributed by atoms with Crippen molar-refractivity contribution in [1.29, 1.82) is 0 Å². The highest BCUT2D eigenvalue weighted by Gasteiger charge is 2.12. The molecule has 7 heteroatoms. The van der Waals surface area contributed by atoms with Crippen molar-refractivity contribution < 1.29 is 0 Å². The SMILES string of the molecule is O=c1c2cnn(-c3cccc(Cl)c3)c2ncn1Cc1ccccn1. The zero-order chi connectivity index (χ0) is 16.5. The summed E-state index contributed by atoms with van der Waals surface area (Å²) in [6.45, 7) is 0.366. The minimum absolute atomic E-state index is 0.154. The summed E-state index contributed by atoms with van der Waals surface area (Å²) in [4.78, 5) is 21.3. The van der Waals surface area contributed by atoms with Crippen LogP contribution in [-0.4, -0.2) is 24.3 Å². The normalized spacial score (nSPS) is 11.0. The van der Waals surface area contributed by atoms with E-state index >= 15 is 0 Å². The maximum atomic E-state index is 12.7. The highest BCUT2D eigenvalue weighted by molar-refractivity contribution is 6.30. The minimum Gasteiger partial charge on any atom is -0.292 e. The van der Waals surface area contributed by atoms with E-state index in [1.165, 1.54) is 17.1 Å². The van der Waals surface area contributed by atoms with Crippen LogP contribution in [0.5, 0.6) is 0 Å². The van der Waals surface area contributed by atoms with E-state index in [0.29, 0.717) is 22.6 Å². The van der Waals surface area contributed by atoms with Crippen molar-refractivity contribution in [3.63, 3.8) is 0 Å². The smallest absolute Gasteiger partial charge is 0.264 e. The predicted octanol–water partition coefficient (Wildman–Crippen LogP) is 2.68. The van der Waals surface area contributed by atoms with Crippen LogP contribution in [-0.2, 0) is 6.54 Å². The Morgan fingerprint density at radius 1 is 1.08 bits per heavy atom. The van der Waals surface area contributed by atoms with Gasteiger partial charge in [-0.05, 0) is 30.3 Å². The van der Waals surface area contributed by atoms with E-state index < -0.39 is 0 Å². The topological polar surface area (TPSA) is 65.6 Å². The van der Waals surface area contributed by atoms with Crippen LogP contribution in [0, 0.1) is 0 Å². The highest BCUT2D eigenvalue weighted by atomic mass is 35.5. The Labute approximate surface area is 142 Å². The Morgan fingerprint density at radius 3 is 2.79 bits per heavy atom. The first kappa shape index (κ1) is 14.6. The van der Waals surface area contributed by atoms with Crippen LogP contribution in [0.15, 0.2) is 66.0 Å². The van der Waals surface area contributed by atoms with Crippen molar-refractivity contribution >= 4 is 22.6 Å². The standard InChI is InChI=1S/C17H12ClN5O/c18-12-4-3-6-14(8-12)23-16-15(9-21-23)17(24)22(11-20-16)10-13-5-1-2-7-19-13/h1-9,11H,10H2. The second-order valence-electron chi connectivity index (χ2n) is 5.27. The van der Waals surface area contributed by atoms with Crippen molar-refractivity contribution in [3.05, 3.63) is 82.3 Å². The molecule has 0 aliphatic heterocycles. The van der Waals surface area contributed by atoms with Gasteiger partial charge in [0.25, 0.3) is 5.56 Å². The van der Waals surface area contributed by atoms with Gasteiger partial charge < -0.3 is 0 Å². The lowest BCUT2D eigenvalue weighted by Crippen LogP contribution is -2.21. The van der Waals surface area contributed by atoms with E-state index in [2.05, 4.69) is 15.1 Å². The minimum atomic E-state index is -0.154. The summed E-state index contributed by atoms with van der Waals surface area (Å²) in [7, 11) is 0. The Morgan fingerprint density at radius 2 is 2.00 bits per heavy atom. The highest BCUT2D eigenvalue weighted by Crippen LogP contribution is 2.17. The third-order valence-corrected chi connectivity index (χ3v) is 3.90. The number of hydrogen-bond donors (Lipinski definition) is 0. The molecule has 0 aliphatic carbocycles. The van der Waals surface area contributed by atoms with Crippen molar-refractivity contribution in [3.8, 4) is 5.69 Å². The average molecular weight is 338 g/mol. The molecule has 6 nitrogen and oxygen atoms in total. The second kappa shape index (κ2) is 5.90. The van der Waals surface area contributed by atoms with Crippen molar-refractivity contribution in [2.24, 2.45) is 0 Å². The molecular weight excluding hydrogens is 326 g/mol. The Kier molecular flexibility index (Phi) is 3.59. The third kappa shape index (κ3) is 2.57. The Bertz CT molecular complexity index is 1070. The molecule has 0 unspecified atom stereocenters. The molecule has 0 saturated heterocycles. The van der Waals surface area contributed by atoms with E-state index in [1.54, 1.807) is 23.0 Å². The molecule has 0 N–H and O–H groups in total. The maximum Gasteiger partial charge on any atom is 0.264 e. The van der Waals surface area contributed by atoms with E-state index in [0.717, 1.165) is 11.4 Å². The van der Waals surface area contributed by atoms with Gasteiger partial charge in [-0.1, -0.05) is 23.7 Å². The molecule has 4 rings (SSSR count). The molecule has 0 radical (unpaired) electrons. The molecule has 3 aromatic heterocycles. The summed E-state index contributed by atoms with van der Waals surface area (Å²) in [6.07, 6.45) is 4.74. The molecule has 0 saturated carbocycles. The number of benzene rings is 1. The summed E-state index contributed by atoms with van der Waals surface area (Å²) in [6, 6.07) is 12.8. The molecule has 24 heavy (non-hydrogen) atoms. The average Bonchev–Trinajstić information content (AvgIpc) is 3.03.